The average molecular weight is 349 g/mol. The van der Waals surface area contributed by atoms with Crippen molar-refractivity contribution in [3.05, 3.63) is 35.4 Å². The summed E-state index contributed by atoms with van der Waals surface area (Å²) in [4.78, 5) is 12.2. The Hall–Kier alpha value is -1.36. The van der Waals surface area contributed by atoms with Gasteiger partial charge in [-0.2, -0.15) is 0 Å². The van der Waals surface area contributed by atoms with Crippen LogP contribution in [-0.4, -0.2) is 26.1 Å². The third kappa shape index (κ3) is 4.18. The fraction of sp³-hybridized carbons (Fsp3) is 0.632. The molecule has 5 heteroatoms. The molecule has 1 aromatic rings. The number of fused-ring (bicyclic) bond motifs is 2. The predicted molar refractivity (Wildman–Crippen MR) is 95.2 cm³/mol. The van der Waals surface area contributed by atoms with Crippen LogP contribution in [0.25, 0.3) is 0 Å². The molecule has 2 fully saturated rings. The minimum absolute atomic E-state index is 0.0713. The van der Waals surface area contributed by atoms with E-state index in [0.29, 0.717) is 11.8 Å². The molecule has 4 atom stereocenters. The molecule has 2 aliphatic carbocycles. The maximum atomic E-state index is 12.3. The quantitative estimate of drug-likeness (QED) is 0.859. The van der Waals surface area contributed by atoms with E-state index in [4.69, 9.17) is 0 Å². The molecule has 0 aliphatic heterocycles. The standard InChI is InChI=1S/C19H27NO3S/c1-13-4-3-5-16(8-13)11-24(22,23)12-19(21)20-14(2)18-10-15-6-7-17(18)9-15/h3-5,8,14-15,17-18H,6-7,9-12H2,1-2H3,(H,20,21). The van der Waals surface area contributed by atoms with Crippen molar-refractivity contribution in [2.45, 2.75) is 51.3 Å². The van der Waals surface area contributed by atoms with Crippen LogP contribution in [0.3, 0.4) is 0 Å². The first kappa shape index (κ1) is 17.5. The molecule has 24 heavy (non-hydrogen) atoms. The maximum Gasteiger partial charge on any atom is 0.235 e. The fourth-order valence-electron chi connectivity index (χ4n) is 4.62. The van der Waals surface area contributed by atoms with Gasteiger partial charge >= 0.3 is 0 Å². The van der Waals surface area contributed by atoms with Gasteiger partial charge in [0, 0.05) is 6.04 Å². The normalized spacial score (nSPS) is 27.2. The lowest BCUT2D eigenvalue weighted by atomic mass is 9.84. The zero-order chi connectivity index (χ0) is 17.3. The van der Waals surface area contributed by atoms with Crippen LogP contribution in [0.4, 0.5) is 0 Å². The SMILES string of the molecule is Cc1cccc(CS(=O)(=O)CC(=O)NC(C)C2CC3CCC2C3)c1. The molecule has 1 N–H and O–H groups in total. The highest BCUT2D eigenvalue weighted by atomic mass is 32.2. The number of hydrogen-bond donors (Lipinski definition) is 1. The van der Waals surface area contributed by atoms with E-state index in [1.54, 1.807) is 6.07 Å². The highest BCUT2D eigenvalue weighted by Crippen LogP contribution is 2.49. The molecular formula is C19H27NO3S. The van der Waals surface area contributed by atoms with Crippen LogP contribution < -0.4 is 5.32 Å². The summed E-state index contributed by atoms with van der Waals surface area (Å²) < 4.78 is 24.6. The molecular weight excluding hydrogens is 322 g/mol. The second-order valence-corrected chi connectivity index (χ2v) is 9.78. The van der Waals surface area contributed by atoms with Crippen molar-refractivity contribution in [3.8, 4) is 0 Å². The van der Waals surface area contributed by atoms with Crippen LogP contribution >= 0.6 is 0 Å². The molecule has 2 bridgehead atoms. The van der Waals surface area contributed by atoms with Gasteiger partial charge in [-0.3, -0.25) is 4.79 Å². The molecule has 0 saturated heterocycles. The molecule has 1 aromatic carbocycles. The number of hydrogen-bond acceptors (Lipinski definition) is 3. The molecule has 0 aromatic heterocycles. The lowest BCUT2D eigenvalue weighted by Gasteiger charge is -2.28. The van der Waals surface area contributed by atoms with Crippen LogP contribution in [0, 0.1) is 24.7 Å². The van der Waals surface area contributed by atoms with Crippen LogP contribution in [0.2, 0.25) is 0 Å². The van der Waals surface area contributed by atoms with E-state index in [9.17, 15) is 13.2 Å². The van der Waals surface area contributed by atoms with E-state index in [0.717, 1.165) is 17.0 Å². The molecule has 1 amide bonds. The summed E-state index contributed by atoms with van der Waals surface area (Å²) in [7, 11) is -3.44. The number of carbonyl (C=O) groups is 1. The Morgan fingerprint density at radius 3 is 2.71 bits per heavy atom. The highest BCUT2D eigenvalue weighted by Gasteiger charge is 2.42. The molecule has 0 spiro atoms. The Balaban J connectivity index is 1.53. The van der Waals surface area contributed by atoms with Gasteiger partial charge in [-0.05, 0) is 56.4 Å². The van der Waals surface area contributed by atoms with Crippen molar-refractivity contribution in [2.24, 2.45) is 17.8 Å². The Morgan fingerprint density at radius 1 is 1.29 bits per heavy atom. The highest BCUT2D eigenvalue weighted by molar-refractivity contribution is 7.91. The first-order valence-electron chi connectivity index (χ1n) is 8.88. The molecule has 0 radical (unpaired) electrons. The summed E-state index contributed by atoms with van der Waals surface area (Å²) in [5.74, 6) is 1.19. The van der Waals surface area contributed by atoms with Crippen molar-refractivity contribution >= 4 is 15.7 Å². The summed E-state index contributed by atoms with van der Waals surface area (Å²) in [6.07, 6.45) is 5.06. The minimum Gasteiger partial charge on any atom is -0.352 e. The van der Waals surface area contributed by atoms with Gasteiger partial charge < -0.3 is 5.32 Å². The van der Waals surface area contributed by atoms with E-state index in [1.807, 2.05) is 32.0 Å². The number of sulfone groups is 1. The summed E-state index contributed by atoms with van der Waals surface area (Å²) in [5.41, 5.74) is 1.76. The van der Waals surface area contributed by atoms with Gasteiger partial charge in [-0.1, -0.05) is 36.2 Å². The van der Waals surface area contributed by atoms with Gasteiger partial charge in [0.05, 0.1) is 5.75 Å². The second kappa shape index (κ2) is 6.87. The summed E-state index contributed by atoms with van der Waals surface area (Å²) >= 11 is 0. The summed E-state index contributed by atoms with van der Waals surface area (Å²) in [6.45, 7) is 3.95. The lowest BCUT2D eigenvalue weighted by molar-refractivity contribution is -0.119. The molecule has 0 heterocycles. The Bertz CT molecular complexity index is 713. The van der Waals surface area contributed by atoms with Crippen molar-refractivity contribution in [3.63, 3.8) is 0 Å². The molecule has 4 nitrogen and oxygen atoms in total. The van der Waals surface area contributed by atoms with Crippen LogP contribution in [0.1, 0.15) is 43.7 Å². The van der Waals surface area contributed by atoms with Crippen molar-refractivity contribution in [1.29, 1.82) is 0 Å². The number of amides is 1. The number of benzene rings is 1. The smallest absolute Gasteiger partial charge is 0.235 e. The number of nitrogens with one attached hydrogen (secondary N) is 1. The topological polar surface area (TPSA) is 63.2 Å². The van der Waals surface area contributed by atoms with Crippen molar-refractivity contribution < 1.29 is 13.2 Å². The van der Waals surface area contributed by atoms with Gasteiger partial charge in [-0.15, -0.1) is 0 Å². The van der Waals surface area contributed by atoms with Crippen LogP contribution in [0.15, 0.2) is 24.3 Å². The van der Waals surface area contributed by atoms with E-state index in [2.05, 4.69) is 5.32 Å². The van der Waals surface area contributed by atoms with Gasteiger partial charge in [0.15, 0.2) is 9.84 Å². The van der Waals surface area contributed by atoms with Gasteiger partial charge in [0.2, 0.25) is 5.91 Å². The van der Waals surface area contributed by atoms with Crippen molar-refractivity contribution in [1.82, 2.24) is 5.32 Å². The zero-order valence-corrected chi connectivity index (χ0v) is 15.3. The first-order chi connectivity index (χ1) is 11.3. The number of aryl methyl sites for hydroxylation is 1. The minimum atomic E-state index is -3.44. The van der Waals surface area contributed by atoms with Gasteiger partial charge in [0.25, 0.3) is 0 Å². The summed E-state index contributed by atoms with van der Waals surface area (Å²) in [6, 6.07) is 7.49. The number of rotatable bonds is 6. The summed E-state index contributed by atoms with van der Waals surface area (Å²) in [5, 5.41) is 2.94. The Labute approximate surface area is 145 Å². The molecule has 3 rings (SSSR count). The lowest BCUT2D eigenvalue weighted by Crippen LogP contribution is -2.42. The maximum absolute atomic E-state index is 12.3. The van der Waals surface area contributed by atoms with E-state index in [-0.39, 0.29) is 17.7 Å². The molecule has 4 unspecified atom stereocenters. The van der Waals surface area contributed by atoms with Gasteiger partial charge in [-0.25, -0.2) is 8.42 Å². The van der Waals surface area contributed by atoms with Crippen LogP contribution in [0.5, 0.6) is 0 Å². The van der Waals surface area contributed by atoms with Crippen LogP contribution in [-0.2, 0) is 20.4 Å². The third-order valence-corrected chi connectivity index (χ3v) is 7.12. The Kier molecular flexibility index (Phi) is 5.00. The third-order valence-electron chi connectivity index (χ3n) is 5.64. The largest absolute Gasteiger partial charge is 0.352 e. The first-order valence-corrected chi connectivity index (χ1v) is 10.7. The van der Waals surface area contributed by atoms with E-state index in [1.165, 1.54) is 25.7 Å². The van der Waals surface area contributed by atoms with Gasteiger partial charge in [0.1, 0.15) is 5.75 Å². The number of carbonyl (C=O) groups excluding carboxylic acids is 1. The zero-order valence-electron chi connectivity index (χ0n) is 14.5. The van der Waals surface area contributed by atoms with Crippen molar-refractivity contribution in [2.75, 3.05) is 5.75 Å². The fourth-order valence-corrected chi connectivity index (χ4v) is 5.89. The predicted octanol–water partition coefficient (Wildman–Crippen LogP) is 2.85. The van der Waals surface area contributed by atoms with E-state index < -0.39 is 15.6 Å². The second-order valence-electron chi connectivity index (χ2n) is 7.72. The molecule has 132 valence electrons. The monoisotopic (exact) mass is 349 g/mol. The molecule has 2 saturated carbocycles. The average Bonchev–Trinajstić information content (AvgIpc) is 3.08. The molecule has 2 aliphatic rings. The Morgan fingerprint density at radius 2 is 2.08 bits per heavy atom. The van der Waals surface area contributed by atoms with E-state index >= 15 is 0 Å².